The molecule has 3 aromatic heterocycles. The highest BCUT2D eigenvalue weighted by Gasteiger charge is 2.19. The van der Waals surface area contributed by atoms with Gasteiger partial charge in [0.1, 0.15) is 5.82 Å². The molecule has 0 unspecified atom stereocenters. The van der Waals surface area contributed by atoms with E-state index in [1.165, 1.54) is 38.0 Å². The molecule has 0 fully saturated rings. The van der Waals surface area contributed by atoms with Crippen LogP contribution in [0.5, 0.6) is 0 Å². The number of benzene rings is 5. The van der Waals surface area contributed by atoms with Crippen LogP contribution in [-0.2, 0) is 0 Å². The van der Waals surface area contributed by atoms with Gasteiger partial charge in [-0.3, -0.25) is 9.55 Å². The van der Waals surface area contributed by atoms with Crippen molar-refractivity contribution in [2.24, 2.45) is 0 Å². The summed E-state index contributed by atoms with van der Waals surface area (Å²) in [6.07, 6.45) is 6.25. The molecule has 0 bridgehead atoms. The van der Waals surface area contributed by atoms with Gasteiger partial charge in [0.05, 0.1) is 22.6 Å². The second kappa shape index (κ2) is 10.3. The third kappa shape index (κ3) is 4.22. The van der Waals surface area contributed by atoms with E-state index in [0.717, 1.165) is 51.8 Å². The molecule has 0 saturated heterocycles. The third-order valence-electron chi connectivity index (χ3n) is 8.82. The summed E-state index contributed by atoms with van der Waals surface area (Å²) < 4.78 is 2.34. The van der Waals surface area contributed by atoms with Gasteiger partial charge >= 0.3 is 0 Å². The number of hydrogen-bond acceptors (Lipinski definition) is 3. The zero-order valence-electron chi connectivity index (χ0n) is 24.5. The van der Waals surface area contributed by atoms with Crippen LogP contribution in [0.2, 0.25) is 0 Å². The second-order valence-electron chi connectivity index (χ2n) is 11.5. The van der Waals surface area contributed by atoms with Crippen molar-refractivity contribution in [1.29, 1.82) is 0 Å². The molecule has 4 heteroatoms. The lowest BCUT2D eigenvalue weighted by Gasteiger charge is -2.17. The first kappa shape index (κ1) is 25.5. The Hall–Kier alpha value is -6.00. The van der Waals surface area contributed by atoms with Crippen LogP contribution >= 0.6 is 0 Å². The second-order valence-corrected chi connectivity index (χ2v) is 11.5. The summed E-state index contributed by atoms with van der Waals surface area (Å²) in [5.74, 6) is 1.13. The molecule has 45 heavy (non-hydrogen) atoms. The number of para-hydroxylation sites is 1. The average Bonchev–Trinajstić information content (AvgIpc) is 3.46. The van der Waals surface area contributed by atoms with Gasteiger partial charge in [-0.15, -0.1) is 0 Å². The molecule has 0 aliphatic carbocycles. The first-order valence-electron chi connectivity index (χ1n) is 15.3. The van der Waals surface area contributed by atoms with Crippen molar-refractivity contribution in [1.82, 2.24) is 14.5 Å². The van der Waals surface area contributed by atoms with Crippen molar-refractivity contribution in [3.63, 3.8) is 0 Å². The molecule has 0 atom stereocenters. The molecule has 4 heterocycles. The molecule has 0 spiro atoms. The number of pyridine rings is 2. The number of nitrogens with zero attached hydrogens (tertiary/aromatic N) is 3. The molecule has 4 nitrogen and oxygen atoms in total. The van der Waals surface area contributed by atoms with E-state index >= 15 is 0 Å². The maximum atomic E-state index is 5.24. The van der Waals surface area contributed by atoms with Crippen LogP contribution in [0.1, 0.15) is 5.56 Å². The van der Waals surface area contributed by atoms with Gasteiger partial charge in [0.15, 0.2) is 0 Å². The molecule has 0 radical (unpaired) electrons. The highest BCUT2D eigenvalue weighted by Crippen LogP contribution is 2.39. The fraction of sp³-hybridized carbons (Fsp3) is 0.0244. The Morgan fingerprint density at radius 3 is 2.24 bits per heavy atom. The Labute approximate surface area is 261 Å². The van der Waals surface area contributed by atoms with Crippen LogP contribution in [0.4, 0.5) is 5.82 Å². The predicted octanol–water partition coefficient (Wildman–Crippen LogP) is 10.2. The molecule has 0 amide bonds. The minimum absolute atomic E-state index is 0.809. The monoisotopic (exact) mass is 576 g/mol. The standard InChI is InChI=1S/C41H28N4/c1-2-14-31-28(11-1)24-36(33-16-4-3-15-32(31)33)38-25-29(26-39(44-38)37-19-7-8-21-42-37)27-12-9-13-30(23-27)45-40-20-6-5-17-34(40)35-18-10-22-43-41(35)45/h1-21,23-26,43H,22H2. The smallest absolute Gasteiger partial charge is 0.119 e. The summed E-state index contributed by atoms with van der Waals surface area (Å²) in [5.41, 5.74) is 9.48. The van der Waals surface area contributed by atoms with Crippen molar-refractivity contribution >= 4 is 44.3 Å². The van der Waals surface area contributed by atoms with Crippen molar-refractivity contribution in [2.45, 2.75) is 0 Å². The maximum Gasteiger partial charge on any atom is 0.119 e. The van der Waals surface area contributed by atoms with Gasteiger partial charge in [0, 0.05) is 34.9 Å². The number of hydrogen-bond donors (Lipinski definition) is 1. The lowest BCUT2D eigenvalue weighted by molar-refractivity contribution is 1.09. The van der Waals surface area contributed by atoms with E-state index < -0.39 is 0 Å². The number of nitrogens with one attached hydrogen (secondary N) is 1. The highest BCUT2D eigenvalue weighted by atomic mass is 15.1. The van der Waals surface area contributed by atoms with Crippen LogP contribution < -0.4 is 5.32 Å². The van der Waals surface area contributed by atoms with E-state index in [4.69, 9.17) is 9.97 Å². The zero-order valence-corrected chi connectivity index (χ0v) is 24.5. The third-order valence-corrected chi connectivity index (χ3v) is 8.82. The SMILES string of the molecule is C1=Cc2c(n(-c3cccc(-c4cc(-c5ccccn5)nc(-c5cc6ccccc6c6ccccc56)c4)c3)c3ccccc23)NC1. The molecule has 1 N–H and O–H groups in total. The lowest BCUT2D eigenvalue weighted by Crippen LogP contribution is -2.08. The van der Waals surface area contributed by atoms with Crippen molar-refractivity contribution in [3.05, 3.63) is 151 Å². The first-order chi connectivity index (χ1) is 22.3. The Morgan fingerprint density at radius 2 is 1.36 bits per heavy atom. The minimum atomic E-state index is 0.809. The van der Waals surface area contributed by atoms with Gasteiger partial charge in [-0.25, -0.2) is 4.98 Å². The Bertz CT molecular complexity index is 2440. The molecule has 212 valence electrons. The van der Waals surface area contributed by atoms with E-state index in [0.29, 0.717) is 0 Å². The normalized spacial score (nSPS) is 12.4. The van der Waals surface area contributed by atoms with Crippen molar-refractivity contribution < 1.29 is 0 Å². The summed E-state index contributed by atoms with van der Waals surface area (Å²) in [4.78, 5) is 9.93. The van der Waals surface area contributed by atoms with Gasteiger partial charge in [0.25, 0.3) is 0 Å². The summed E-state index contributed by atoms with van der Waals surface area (Å²) >= 11 is 0. The fourth-order valence-corrected chi connectivity index (χ4v) is 6.78. The topological polar surface area (TPSA) is 42.7 Å². The molecule has 0 saturated carbocycles. The molecule has 1 aliphatic heterocycles. The van der Waals surface area contributed by atoms with Gasteiger partial charge in [0.2, 0.25) is 0 Å². The van der Waals surface area contributed by atoms with Crippen LogP contribution in [-0.4, -0.2) is 21.1 Å². The van der Waals surface area contributed by atoms with Crippen LogP contribution in [0.3, 0.4) is 0 Å². The van der Waals surface area contributed by atoms with Crippen LogP contribution in [0, 0.1) is 0 Å². The largest absolute Gasteiger partial charge is 0.367 e. The van der Waals surface area contributed by atoms with Crippen molar-refractivity contribution in [2.75, 3.05) is 11.9 Å². The highest BCUT2D eigenvalue weighted by molar-refractivity contribution is 6.13. The molecule has 8 aromatic rings. The van der Waals surface area contributed by atoms with E-state index in [1.807, 2.05) is 24.4 Å². The maximum absolute atomic E-state index is 5.24. The quantitative estimate of drug-likeness (QED) is 0.212. The molecule has 1 aliphatic rings. The van der Waals surface area contributed by atoms with E-state index in [2.05, 4.69) is 137 Å². The zero-order chi connectivity index (χ0) is 29.7. The Kier molecular flexibility index (Phi) is 5.85. The molecule has 9 rings (SSSR count). The summed E-state index contributed by atoms with van der Waals surface area (Å²) in [6.45, 7) is 0.809. The lowest BCUT2D eigenvalue weighted by atomic mass is 9.94. The van der Waals surface area contributed by atoms with Gasteiger partial charge in [-0.1, -0.05) is 97.1 Å². The Morgan fingerprint density at radius 1 is 0.578 bits per heavy atom. The van der Waals surface area contributed by atoms with Crippen molar-refractivity contribution in [3.8, 4) is 39.5 Å². The van der Waals surface area contributed by atoms with Crippen LogP contribution in [0.25, 0.3) is 78.0 Å². The van der Waals surface area contributed by atoms with E-state index in [1.54, 1.807) is 0 Å². The van der Waals surface area contributed by atoms with Crippen LogP contribution in [0.15, 0.2) is 146 Å². The average molecular weight is 577 g/mol. The molecule has 5 aromatic carbocycles. The predicted molar refractivity (Wildman–Crippen MR) is 188 cm³/mol. The number of aromatic nitrogens is 3. The van der Waals surface area contributed by atoms with E-state index in [9.17, 15) is 0 Å². The number of fused-ring (bicyclic) bond motifs is 6. The fourth-order valence-electron chi connectivity index (χ4n) is 6.78. The summed E-state index contributed by atoms with van der Waals surface area (Å²) in [7, 11) is 0. The number of anilines is 1. The van der Waals surface area contributed by atoms with Gasteiger partial charge in [-0.2, -0.15) is 0 Å². The van der Waals surface area contributed by atoms with E-state index in [-0.39, 0.29) is 0 Å². The number of rotatable bonds is 4. The summed E-state index contributed by atoms with van der Waals surface area (Å²) in [6, 6.07) is 47.3. The van der Waals surface area contributed by atoms with Gasteiger partial charge < -0.3 is 5.32 Å². The molecular formula is C41H28N4. The first-order valence-corrected chi connectivity index (χ1v) is 15.3. The molecular weight excluding hydrogens is 548 g/mol. The Balaban J connectivity index is 1.28. The minimum Gasteiger partial charge on any atom is -0.367 e. The van der Waals surface area contributed by atoms with Gasteiger partial charge in [-0.05, 0) is 81.2 Å². The summed E-state index contributed by atoms with van der Waals surface area (Å²) in [5, 5.41) is 9.73.